The number of piperidine rings is 1. The first-order valence-electron chi connectivity index (χ1n) is 10.2. The predicted molar refractivity (Wildman–Crippen MR) is 118 cm³/mol. The smallest absolute Gasteiger partial charge is 0.475 e. The molecule has 1 aliphatic rings. The van der Waals surface area contributed by atoms with E-state index in [4.69, 9.17) is 14.9 Å². The third-order valence-corrected chi connectivity index (χ3v) is 5.95. The molecule has 0 aromatic carbocycles. The van der Waals surface area contributed by atoms with E-state index < -0.39 is 18.2 Å². The lowest BCUT2D eigenvalue weighted by molar-refractivity contribution is -0.192. The van der Waals surface area contributed by atoms with Crippen LogP contribution >= 0.6 is 11.8 Å². The lowest BCUT2D eigenvalue weighted by Crippen LogP contribution is -2.32. The molecule has 2 aromatic heterocycles. The summed E-state index contributed by atoms with van der Waals surface area (Å²) in [4.78, 5) is 33.4. The monoisotopic (exact) mass is 489 g/mol. The Morgan fingerprint density at radius 2 is 1.85 bits per heavy atom. The van der Waals surface area contributed by atoms with Gasteiger partial charge in [0, 0.05) is 25.9 Å². The van der Waals surface area contributed by atoms with E-state index in [9.17, 15) is 23.1 Å². The van der Waals surface area contributed by atoms with Crippen LogP contribution in [0.15, 0.2) is 9.95 Å². The summed E-state index contributed by atoms with van der Waals surface area (Å²) in [6.07, 6.45) is -2.06. The van der Waals surface area contributed by atoms with Crippen LogP contribution in [-0.2, 0) is 18.4 Å². The highest BCUT2D eigenvalue weighted by Gasteiger charge is 2.38. The van der Waals surface area contributed by atoms with Gasteiger partial charge in [0.25, 0.3) is 5.56 Å². The molecule has 0 aliphatic carbocycles. The van der Waals surface area contributed by atoms with Gasteiger partial charge in [0.15, 0.2) is 16.3 Å². The number of hydrogen-bond donors (Lipinski definition) is 2. The van der Waals surface area contributed by atoms with Crippen molar-refractivity contribution in [2.45, 2.75) is 57.1 Å². The Labute approximate surface area is 192 Å². The Bertz CT molecular complexity index is 1100. The minimum absolute atomic E-state index is 0.128. The molecule has 0 amide bonds. The van der Waals surface area contributed by atoms with Crippen LogP contribution in [0.25, 0.3) is 11.2 Å². The summed E-state index contributed by atoms with van der Waals surface area (Å²) >= 11 is 1.36. The maximum Gasteiger partial charge on any atom is 0.490 e. The fourth-order valence-corrected chi connectivity index (χ4v) is 3.91. The summed E-state index contributed by atoms with van der Waals surface area (Å²) in [5, 5.41) is 17.2. The van der Waals surface area contributed by atoms with Crippen LogP contribution in [0.3, 0.4) is 0 Å². The molecule has 1 fully saturated rings. The SMILES string of the molecule is CC#CCn1c(N2CCCCC2)nc2nc(SCC(C)O)n(C)c(=O)c21.O=C(O)C(F)(F)F. The number of aliphatic hydroxyl groups is 1. The van der Waals surface area contributed by atoms with Crippen molar-refractivity contribution in [3.8, 4) is 11.8 Å². The minimum atomic E-state index is -5.08. The van der Waals surface area contributed by atoms with Crippen LogP contribution in [0.2, 0.25) is 0 Å². The third kappa shape index (κ3) is 6.88. The summed E-state index contributed by atoms with van der Waals surface area (Å²) in [5.74, 6) is 4.46. The summed E-state index contributed by atoms with van der Waals surface area (Å²) in [5.41, 5.74) is 0.827. The topological polar surface area (TPSA) is 113 Å². The first kappa shape index (κ1) is 26.5. The number of carboxylic acids is 1. The molecule has 2 N–H and O–H groups in total. The molecule has 1 atom stereocenters. The molecule has 9 nitrogen and oxygen atoms in total. The van der Waals surface area contributed by atoms with Crippen molar-refractivity contribution < 1.29 is 28.2 Å². The second-order valence-electron chi connectivity index (χ2n) is 7.37. The Balaban J connectivity index is 0.000000479. The number of aliphatic hydroxyl groups excluding tert-OH is 1. The van der Waals surface area contributed by atoms with E-state index in [-0.39, 0.29) is 5.56 Å². The predicted octanol–water partition coefficient (Wildman–Crippen LogP) is 2.25. The van der Waals surface area contributed by atoms with Crippen molar-refractivity contribution >= 4 is 34.8 Å². The van der Waals surface area contributed by atoms with E-state index in [0.717, 1.165) is 31.9 Å². The molecular weight excluding hydrogens is 463 g/mol. The Morgan fingerprint density at radius 3 is 2.36 bits per heavy atom. The van der Waals surface area contributed by atoms with Crippen molar-refractivity contribution in [1.29, 1.82) is 0 Å². The highest BCUT2D eigenvalue weighted by Crippen LogP contribution is 2.24. The lowest BCUT2D eigenvalue weighted by atomic mass is 10.1. The molecule has 0 bridgehead atoms. The zero-order chi connectivity index (χ0) is 24.8. The molecule has 0 radical (unpaired) electrons. The fraction of sp³-hybridized carbons (Fsp3) is 0.600. The lowest BCUT2D eigenvalue weighted by Gasteiger charge is -2.27. The van der Waals surface area contributed by atoms with Gasteiger partial charge in [0.1, 0.15) is 0 Å². The number of thioether (sulfide) groups is 1. The van der Waals surface area contributed by atoms with Crippen LogP contribution in [-0.4, -0.2) is 66.4 Å². The Kier molecular flexibility index (Phi) is 9.18. The summed E-state index contributed by atoms with van der Waals surface area (Å²) < 4.78 is 35.2. The Hall–Kier alpha value is -2.72. The average Bonchev–Trinajstić information content (AvgIpc) is 3.12. The van der Waals surface area contributed by atoms with Crippen molar-refractivity contribution in [3.05, 3.63) is 10.4 Å². The molecule has 182 valence electrons. The number of aliphatic carboxylic acids is 1. The van der Waals surface area contributed by atoms with E-state index in [1.165, 1.54) is 22.7 Å². The van der Waals surface area contributed by atoms with Crippen LogP contribution in [0.1, 0.15) is 33.1 Å². The first-order chi connectivity index (χ1) is 15.5. The largest absolute Gasteiger partial charge is 0.490 e. The highest BCUT2D eigenvalue weighted by molar-refractivity contribution is 7.99. The van der Waals surface area contributed by atoms with Crippen LogP contribution in [0.5, 0.6) is 0 Å². The van der Waals surface area contributed by atoms with Crippen molar-refractivity contribution in [2.75, 3.05) is 23.7 Å². The molecule has 3 heterocycles. The van der Waals surface area contributed by atoms with Crippen molar-refractivity contribution in [1.82, 2.24) is 19.1 Å². The van der Waals surface area contributed by atoms with Gasteiger partial charge in [-0.15, -0.1) is 5.92 Å². The van der Waals surface area contributed by atoms with Gasteiger partial charge in [-0.2, -0.15) is 18.2 Å². The maximum absolute atomic E-state index is 13.0. The standard InChI is InChI=1S/C18H25N5O2S.C2HF3O2/c1-4-5-11-23-14-15(19-17(23)22-9-7-6-8-10-22)20-18(21(3)16(14)25)26-12-13(2)24;3-2(4,5)1(6)7/h13,24H,6-12H2,1-3H3;(H,6,7). The van der Waals surface area contributed by atoms with Crippen LogP contribution in [0.4, 0.5) is 19.1 Å². The van der Waals surface area contributed by atoms with E-state index in [1.54, 1.807) is 20.9 Å². The van der Waals surface area contributed by atoms with Gasteiger partial charge < -0.3 is 15.1 Å². The third-order valence-electron chi connectivity index (χ3n) is 4.67. The maximum atomic E-state index is 13.0. The number of hydrogen-bond acceptors (Lipinski definition) is 7. The number of alkyl halides is 3. The fourth-order valence-electron chi connectivity index (χ4n) is 3.10. The number of nitrogens with zero attached hydrogens (tertiary/aromatic N) is 5. The molecule has 3 rings (SSSR count). The number of imidazole rings is 1. The number of rotatable bonds is 5. The van der Waals surface area contributed by atoms with E-state index >= 15 is 0 Å². The molecule has 1 saturated heterocycles. The zero-order valence-corrected chi connectivity index (χ0v) is 19.3. The van der Waals surface area contributed by atoms with Gasteiger partial charge in [-0.3, -0.25) is 13.9 Å². The molecule has 2 aromatic rings. The van der Waals surface area contributed by atoms with E-state index in [0.29, 0.717) is 28.6 Å². The van der Waals surface area contributed by atoms with Crippen molar-refractivity contribution in [2.24, 2.45) is 7.05 Å². The summed E-state index contributed by atoms with van der Waals surface area (Å²) in [6.45, 7) is 5.81. The molecule has 1 unspecified atom stereocenters. The van der Waals surface area contributed by atoms with Gasteiger partial charge in [-0.1, -0.05) is 17.7 Å². The number of fused-ring (bicyclic) bond motifs is 1. The van der Waals surface area contributed by atoms with Gasteiger partial charge in [-0.05, 0) is 33.1 Å². The van der Waals surface area contributed by atoms with E-state index in [1.807, 2.05) is 4.57 Å². The molecular formula is C20H26F3N5O4S. The van der Waals surface area contributed by atoms with Crippen LogP contribution < -0.4 is 10.5 Å². The molecule has 0 spiro atoms. The number of anilines is 1. The average molecular weight is 490 g/mol. The second kappa shape index (κ2) is 11.4. The highest BCUT2D eigenvalue weighted by atomic mass is 32.2. The number of halogens is 3. The minimum Gasteiger partial charge on any atom is -0.475 e. The molecule has 13 heteroatoms. The van der Waals surface area contributed by atoms with Crippen LogP contribution in [0, 0.1) is 11.8 Å². The van der Waals surface area contributed by atoms with Gasteiger partial charge in [0.05, 0.1) is 12.6 Å². The molecule has 0 saturated carbocycles. The van der Waals surface area contributed by atoms with Gasteiger partial charge in [0.2, 0.25) is 5.95 Å². The van der Waals surface area contributed by atoms with Gasteiger partial charge >= 0.3 is 12.1 Å². The Morgan fingerprint density at radius 1 is 1.24 bits per heavy atom. The zero-order valence-electron chi connectivity index (χ0n) is 18.5. The molecule has 33 heavy (non-hydrogen) atoms. The van der Waals surface area contributed by atoms with Gasteiger partial charge in [-0.25, -0.2) is 9.78 Å². The van der Waals surface area contributed by atoms with E-state index in [2.05, 4.69) is 21.7 Å². The quantitative estimate of drug-likeness (QED) is 0.374. The molecule has 1 aliphatic heterocycles. The van der Waals surface area contributed by atoms with Crippen molar-refractivity contribution in [3.63, 3.8) is 0 Å². The number of carboxylic acid groups (broad SMARTS) is 1. The second-order valence-corrected chi connectivity index (χ2v) is 8.35. The number of carbonyl (C=O) groups is 1. The summed E-state index contributed by atoms with van der Waals surface area (Å²) in [6, 6.07) is 0. The normalized spacial score (nSPS) is 14.8. The number of aromatic nitrogens is 4. The summed E-state index contributed by atoms with van der Waals surface area (Å²) in [7, 11) is 1.71. The first-order valence-corrected chi connectivity index (χ1v) is 11.2.